The fraction of sp³-hybridized carbons (Fsp3) is 0.444. The van der Waals surface area contributed by atoms with Gasteiger partial charge in [0.1, 0.15) is 0 Å². The molecule has 76 valence electrons. The van der Waals surface area contributed by atoms with Gasteiger partial charge in [-0.1, -0.05) is 13.3 Å². The van der Waals surface area contributed by atoms with Gasteiger partial charge in [-0.05, 0) is 24.1 Å². The van der Waals surface area contributed by atoms with Crippen LogP contribution in [0.2, 0.25) is 0 Å². The molecular weight excluding hydrogens is 207 g/mol. The lowest BCUT2D eigenvalue weighted by molar-refractivity contribution is 0.637. The maximum absolute atomic E-state index is 5.88. The molecule has 0 aliphatic carbocycles. The van der Waals surface area contributed by atoms with Crippen LogP contribution < -0.4 is 5.73 Å². The van der Waals surface area contributed by atoms with Crippen molar-refractivity contribution in [2.75, 3.05) is 0 Å². The average Bonchev–Trinajstić information content (AvgIpc) is 2.07. The highest BCUT2D eigenvalue weighted by atomic mass is 35.5. The van der Waals surface area contributed by atoms with Crippen LogP contribution in [0.4, 0.5) is 0 Å². The van der Waals surface area contributed by atoms with E-state index in [1.54, 1.807) is 12.4 Å². The predicted octanol–water partition coefficient (Wildman–Crippen LogP) is 2.73. The van der Waals surface area contributed by atoms with Gasteiger partial charge in [-0.15, -0.1) is 24.8 Å². The van der Waals surface area contributed by atoms with E-state index < -0.39 is 0 Å². The van der Waals surface area contributed by atoms with Gasteiger partial charge in [0, 0.05) is 18.4 Å². The smallest absolute Gasteiger partial charge is 0.0295 e. The number of nitrogens with zero attached hydrogens (tertiary/aromatic N) is 1. The van der Waals surface area contributed by atoms with Crippen molar-refractivity contribution in [1.29, 1.82) is 0 Å². The van der Waals surface area contributed by atoms with Crippen LogP contribution in [0, 0.1) is 0 Å². The zero-order valence-electron chi connectivity index (χ0n) is 7.64. The van der Waals surface area contributed by atoms with E-state index >= 15 is 0 Å². The molecule has 0 saturated heterocycles. The minimum atomic E-state index is 0. The molecule has 4 heteroatoms. The standard InChI is InChI=1S/C9H14N2.2ClH/c1-2-3-9(10)8-4-6-11-7-5-8;;/h4-7,9H,2-3,10H2,1H3;2*1H. The van der Waals surface area contributed by atoms with Gasteiger partial charge in [0.25, 0.3) is 0 Å². The highest BCUT2D eigenvalue weighted by Gasteiger charge is 2.01. The van der Waals surface area contributed by atoms with E-state index in [9.17, 15) is 0 Å². The van der Waals surface area contributed by atoms with E-state index in [0.717, 1.165) is 12.8 Å². The van der Waals surface area contributed by atoms with E-state index in [4.69, 9.17) is 5.73 Å². The quantitative estimate of drug-likeness (QED) is 0.855. The summed E-state index contributed by atoms with van der Waals surface area (Å²) in [7, 11) is 0. The topological polar surface area (TPSA) is 38.9 Å². The van der Waals surface area contributed by atoms with Crippen molar-refractivity contribution in [2.24, 2.45) is 5.73 Å². The van der Waals surface area contributed by atoms with Crippen LogP contribution in [-0.4, -0.2) is 4.98 Å². The maximum Gasteiger partial charge on any atom is 0.0295 e. The second-order valence-corrected chi connectivity index (χ2v) is 2.68. The first kappa shape index (κ1) is 15.2. The summed E-state index contributed by atoms with van der Waals surface area (Å²) in [6.45, 7) is 2.14. The lowest BCUT2D eigenvalue weighted by Gasteiger charge is -2.08. The average molecular weight is 223 g/mol. The molecule has 13 heavy (non-hydrogen) atoms. The number of nitrogens with two attached hydrogens (primary N) is 1. The number of hydrogen-bond acceptors (Lipinski definition) is 2. The lowest BCUT2D eigenvalue weighted by Crippen LogP contribution is -2.09. The van der Waals surface area contributed by atoms with E-state index in [2.05, 4.69) is 11.9 Å². The van der Waals surface area contributed by atoms with Crippen molar-refractivity contribution < 1.29 is 0 Å². The molecule has 0 bridgehead atoms. The zero-order valence-corrected chi connectivity index (χ0v) is 9.28. The number of rotatable bonds is 3. The van der Waals surface area contributed by atoms with Crippen LogP contribution in [0.15, 0.2) is 24.5 Å². The Morgan fingerprint density at radius 1 is 1.31 bits per heavy atom. The Kier molecular flexibility index (Phi) is 9.68. The summed E-state index contributed by atoms with van der Waals surface area (Å²) in [5, 5.41) is 0. The summed E-state index contributed by atoms with van der Waals surface area (Å²) in [5.74, 6) is 0. The summed E-state index contributed by atoms with van der Waals surface area (Å²) in [6, 6.07) is 4.13. The first-order chi connectivity index (χ1) is 5.34. The maximum atomic E-state index is 5.88. The molecule has 1 atom stereocenters. The summed E-state index contributed by atoms with van der Waals surface area (Å²) < 4.78 is 0. The Bertz CT molecular complexity index is 204. The van der Waals surface area contributed by atoms with Gasteiger partial charge >= 0.3 is 0 Å². The minimum absolute atomic E-state index is 0. The lowest BCUT2D eigenvalue weighted by atomic mass is 10.1. The molecule has 0 aromatic carbocycles. The molecule has 2 nitrogen and oxygen atoms in total. The van der Waals surface area contributed by atoms with Gasteiger partial charge in [-0.25, -0.2) is 0 Å². The molecule has 0 amide bonds. The van der Waals surface area contributed by atoms with Crippen LogP contribution in [0.25, 0.3) is 0 Å². The number of hydrogen-bond donors (Lipinski definition) is 1. The first-order valence-electron chi connectivity index (χ1n) is 4.00. The minimum Gasteiger partial charge on any atom is -0.324 e. The SMILES string of the molecule is CCCC(N)c1ccncc1.Cl.Cl. The van der Waals surface area contributed by atoms with Crippen LogP contribution >= 0.6 is 24.8 Å². The van der Waals surface area contributed by atoms with Crippen molar-refractivity contribution in [1.82, 2.24) is 4.98 Å². The summed E-state index contributed by atoms with van der Waals surface area (Å²) in [6.07, 6.45) is 5.74. The van der Waals surface area contributed by atoms with Crippen molar-refractivity contribution in [2.45, 2.75) is 25.8 Å². The molecule has 2 N–H and O–H groups in total. The Hall–Kier alpha value is -0.310. The van der Waals surface area contributed by atoms with Gasteiger partial charge in [-0.2, -0.15) is 0 Å². The van der Waals surface area contributed by atoms with Gasteiger partial charge in [0.05, 0.1) is 0 Å². The Labute approximate surface area is 91.8 Å². The van der Waals surface area contributed by atoms with Crippen molar-refractivity contribution in [3.8, 4) is 0 Å². The molecular formula is C9H16Cl2N2. The van der Waals surface area contributed by atoms with Crippen molar-refractivity contribution in [3.05, 3.63) is 30.1 Å². The van der Waals surface area contributed by atoms with Gasteiger partial charge < -0.3 is 5.73 Å². The van der Waals surface area contributed by atoms with Gasteiger partial charge in [0.2, 0.25) is 0 Å². The van der Waals surface area contributed by atoms with E-state index in [0.29, 0.717) is 0 Å². The molecule has 1 unspecified atom stereocenters. The van der Waals surface area contributed by atoms with Gasteiger partial charge in [-0.3, -0.25) is 4.98 Å². The largest absolute Gasteiger partial charge is 0.324 e. The predicted molar refractivity (Wildman–Crippen MR) is 60.6 cm³/mol. The van der Waals surface area contributed by atoms with Crippen LogP contribution in [-0.2, 0) is 0 Å². The molecule has 0 saturated carbocycles. The molecule has 1 aromatic heterocycles. The third-order valence-corrected chi connectivity index (χ3v) is 1.73. The van der Waals surface area contributed by atoms with Crippen molar-refractivity contribution >= 4 is 24.8 Å². The second kappa shape index (κ2) is 8.30. The second-order valence-electron chi connectivity index (χ2n) is 2.68. The summed E-state index contributed by atoms with van der Waals surface area (Å²) in [5.41, 5.74) is 7.06. The Morgan fingerprint density at radius 3 is 2.31 bits per heavy atom. The zero-order chi connectivity index (χ0) is 8.10. The third kappa shape index (κ3) is 5.09. The molecule has 0 spiro atoms. The highest BCUT2D eigenvalue weighted by Crippen LogP contribution is 2.13. The summed E-state index contributed by atoms with van der Waals surface area (Å²) >= 11 is 0. The number of pyridine rings is 1. The van der Waals surface area contributed by atoms with Crippen LogP contribution in [0.1, 0.15) is 31.4 Å². The molecule has 1 rings (SSSR count). The Morgan fingerprint density at radius 2 is 1.85 bits per heavy atom. The molecule has 1 aromatic rings. The van der Waals surface area contributed by atoms with E-state index in [1.807, 2.05) is 12.1 Å². The van der Waals surface area contributed by atoms with E-state index in [1.165, 1.54) is 5.56 Å². The first-order valence-corrected chi connectivity index (χ1v) is 4.00. The van der Waals surface area contributed by atoms with Crippen molar-refractivity contribution in [3.63, 3.8) is 0 Å². The highest BCUT2D eigenvalue weighted by molar-refractivity contribution is 5.85. The van der Waals surface area contributed by atoms with E-state index in [-0.39, 0.29) is 30.9 Å². The molecule has 0 aliphatic rings. The molecule has 1 heterocycles. The summed E-state index contributed by atoms with van der Waals surface area (Å²) in [4.78, 5) is 3.93. The number of aromatic nitrogens is 1. The fourth-order valence-electron chi connectivity index (χ4n) is 1.09. The monoisotopic (exact) mass is 222 g/mol. The molecule has 0 radical (unpaired) electrons. The number of halogens is 2. The van der Waals surface area contributed by atoms with Crippen LogP contribution in [0.5, 0.6) is 0 Å². The molecule has 0 aliphatic heterocycles. The molecule has 0 fully saturated rings. The van der Waals surface area contributed by atoms with Gasteiger partial charge in [0.15, 0.2) is 0 Å². The fourth-order valence-corrected chi connectivity index (χ4v) is 1.09. The van der Waals surface area contributed by atoms with Crippen LogP contribution in [0.3, 0.4) is 0 Å². The Balaban J connectivity index is 0. The third-order valence-electron chi connectivity index (χ3n) is 1.73. The normalized spacial score (nSPS) is 10.9.